The molecule has 1 saturated carbocycles. The van der Waals surface area contributed by atoms with Gasteiger partial charge in [0, 0.05) is 0 Å². The highest BCUT2D eigenvalue weighted by atomic mass is 19.1. The Labute approximate surface area is 56.5 Å². The van der Waals surface area contributed by atoms with Crippen molar-refractivity contribution in [3.8, 4) is 0 Å². The Bertz CT molecular complexity index is 84.7. The Morgan fingerprint density at radius 1 is 1.22 bits per heavy atom. The number of hydrogen-bond donors (Lipinski definition) is 0. The molecule has 0 amide bonds. The molecule has 0 saturated heterocycles. The smallest absolute Gasteiger partial charge is 0.100 e. The van der Waals surface area contributed by atoms with E-state index in [9.17, 15) is 4.39 Å². The summed E-state index contributed by atoms with van der Waals surface area (Å²) >= 11 is 0. The summed E-state index contributed by atoms with van der Waals surface area (Å²) in [7, 11) is 0. The molecule has 3 atom stereocenters. The van der Waals surface area contributed by atoms with Crippen molar-refractivity contribution in [3.05, 3.63) is 0 Å². The quantitative estimate of drug-likeness (QED) is 0.539. The van der Waals surface area contributed by atoms with Crippen molar-refractivity contribution >= 4 is 0 Å². The third kappa shape index (κ3) is 1.44. The van der Waals surface area contributed by atoms with Gasteiger partial charge in [-0.2, -0.15) is 0 Å². The van der Waals surface area contributed by atoms with Crippen LogP contribution in [-0.4, -0.2) is 6.17 Å². The first-order valence-corrected chi connectivity index (χ1v) is 3.77. The molecular formula is C8H15F. The van der Waals surface area contributed by atoms with Gasteiger partial charge in [0.25, 0.3) is 0 Å². The first kappa shape index (κ1) is 7.04. The molecule has 0 radical (unpaired) electrons. The van der Waals surface area contributed by atoms with Crippen LogP contribution in [0.3, 0.4) is 0 Å². The van der Waals surface area contributed by atoms with E-state index >= 15 is 0 Å². The van der Waals surface area contributed by atoms with Gasteiger partial charge in [-0.25, -0.2) is 4.39 Å². The molecule has 0 nitrogen and oxygen atoms in total. The average molecular weight is 130 g/mol. The number of rotatable bonds is 2. The minimum Gasteiger partial charge on any atom is -0.247 e. The lowest BCUT2D eigenvalue weighted by atomic mass is 10.1. The maximum absolute atomic E-state index is 12.5. The molecule has 0 aromatic carbocycles. The minimum absolute atomic E-state index is 0.394. The highest BCUT2D eigenvalue weighted by molar-refractivity contribution is 4.91. The molecule has 0 spiro atoms. The number of halogens is 1. The van der Waals surface area contributed by atoms with Gasteiger partial charge in [0.15, 0.2) is 0 Å². The summed E-state index contributed by atoms with van der Waals surface area (Å²) < 4.78 is 12.5. The van der Waals surface area contributed by atoms with E-state index in [4.69, 9.17) is 0 Å². The second-order valence-electron chi connectivity index (χ2n) is 3.48. The van der Waals surface area contributed by atoms with Crippen LogP contribution in [0, 0.1) is 17.8 Å². The van der Waals surface area contributed by atoms with Gasteiger partial charge in [-0.15, -0.1) is 0 Å². The van der Waals surface area contributed by atoms with Crippen LogP contribution in [-0.2, 0) is 0 Å². The van der Waals surface area contributed by atoms with Crippen molar-refractivity contribution in [2.45, 2.75) is 33.4 Å². The van der Waals surface area contributed by atoms with Gasteiger partial charge in [-0.1, -0.05) is 13.8 Å². The summed E-state index contributed by atoms with van der Waals surface area (Å²) in [5, 5.41) is 0. The minimum atomic E-state index is -0.572. The van der Waals surface area contributed by atoms with E-state index in [-0.39, 0.29) is 0 Å². The third-order valence-electron chi connectivity index (χ3n) is 2.34. The van der Waals surface area contributed by atoms with Crippen molar-refractivity contribution in [2.24, 2.45) is 17.8 Å². The molecule has 0 N–H and O–H groups in total. The van der Waals surface area contributed by atoms with Crippen molar-refractivity contribution in [2.75, 3.05) is 0 Å². The number of alkyl halides is 1. The van der Waals surface area contributed by atoms with E-state index in [0.29, 0.717) is 17.8 Å². The molecule has 0 heterocycles. The zero-order valence-corrected chi connectivity index (χ0v) is 6.39. The van der Waals surface area contributed by atoms with Crippen molar-refractivity contribution in [1.29, 1.82) is 0 Å². The van der Waals surface area contributed by atoms with Crippen LogP contribution < -0.4 is 0 Å². The zero-order chi connectivity index (χ0) is 7.02. The van der Waals surface area contributed by atoms with Crippen molar-refractivity contribution in [1.82, 2.24) is 0 Å². The summed E-state index contributed by atoms with van der Waals surface area (Å²) in [4.78, 5) is 0. The van der Waals surface area contributed by atoms with Gasteiger partial charge >= 0.3 is 0 Å². The van der Waals surface area contributed by atoms with Gasteiger partial charge in [0.05, 0.1) is 0 Å². The molecule has 1 rings (SSSR count). The van der Waals surface area contributed by atoms with Crippen molar-refractivity contribution < 1.29 is 4.39 Å². The van der Waals surface area contributed by atoms with Crippen LogP contribution >= 0.6 is 0 Å². The molecular weight excluding hydrogens is 115 g/mol. The third-order valence-corrected chi connectivity index (χ3v) is 2.34. The van der Waals surface area contributed by atoms with Crippen molar-refractivity contribution in [3.63, 3.8) is 0 Å². The highest BCUT2D eigenvalue weighted by Gasteiger charge is 2.42. The molecule has 1 unspecified atom stereocenters. The van der Waals surface area contributed by atoms with Gasteiger partial charge in [0.1, 0.15) is 6.17 Å². The lowest BCUT2D eigenvalue weighted by Crippen LogP contribution is -2.01. The fourth-order valence-electron chi connectivity index (χ4n) is 1.53. The molecule has 9 heavy (non-hydrogen) atoms. The Morgan fingerprint density at radius 2 is 1.78 bits per heavy atom. The van der Waals surface area contributed by atoms with Gasteiger partial charge < -0.3 is 0 Å². The Kier molecular flexibility index (Phi) is 1.78. The second kappa shape index (κ2) is 2.28. The predicted molar refractivity (Wildman–Crippen MR) is 37.0 cm³/mol. The van der Waals surface area contributed by atoms with Crippen LogP contribution in [0.2, 0.25) is 0 Å². The summed E-state index contributed by atoms with van der Waals surface area (Å²) in [6.45, 7) is 6.02. The van der Waals surface area contributed by atoms with E-state index in [1.54, 1.807) is 6.92 Å². The lowest BCUT2D eigenvalue weighted by Gasteiger charge is -2.02. The largest absolute Gasteiger partial charge is 0.247 e. The standard InChI is InChI=1S/C8H15F/c1-5(2)7-4-8(7)6(3)9/h5-8H,4H2,1-3H3/t6?,7-,8+/m0/s1. The fraction of sp³-hybridized carbons (Fsp3) is 1.00. The SMILES string of the molecule is CC(F)[C@H]1C[C@H]1C(C)C. The topological polar surface area (TPSA) is 0 Å². The van der Waals surface area contributed by atoms with Crippen LogP contribution in [0.25, 0.3) is 0 Å². The predicted octanol–water partition coefficient (Wildman–Crippen LogP) is 2.64. The molecule has 1 aliphatic rings. The first-order chi connectivity index (χ1) is 4.13. The van der Waals surface area contributed by atoms with Crippen LogP contribution in [0.15, 0.2) is 0 Å². The molecule has 54 valence electrons. The van der Waals surface area contributed by atoms with Gasteiger partial charge in [0.2, 0.25) is 0 Å². The second-order valence-corrected chi connectivity index (χ2v) is 3.48. The Morgan fingerprint density at radius 3 is 1.89 bits per heavy atom. The van der Waals surface area contributed by atoms with E-state index in [1.165, 1.54) is 0 Å². The average Bonchev–Trinajstić information content (AvgIpc) is 2.39. The zero-order valence-electron chi connectivity index (χ0n) is 6.39. The molecule has 1 fully saturated rings. The van der Waals surface area contributed by atoms with E-state index in [0.717, 1.165) is 6.42 Å². The monoisotopic (exact) mass is 130 g/mol. The molecule has 0 aromatic heterocycles. The summed E-state index contributed by atoms with van der Waals surface area (Å²) in [6.07, 6.45) is 0.549. The van der Waals surface area contributed by atoms with E-state index < -0.39 is 6.17 Å². The van der Waals surface area contributed by atoms with Crippen LogP contribution in [0.5, 0.6) is 0 Å². The first-order valence-electron chi connectivity index (χ1n) is 3.77. The maximum atomic E-state index is 12.5. The molecule has 0 bridgehead atoms. The van der Waals surface area contributed by atoms with Gasteiger partial charge in [-0.05, 0) is 31.1 Å². The maximum Gasteiger partial charge on any atom is 0.100 e. The molecule has 1 aliphatic carbocycles. The fourth-order valence-corrected chi connectivity index (χ4v) is 1.53. The van der Waals surface area contributed by atoms with Crippen LogP contribution in [0.1, 0.15) is 27.2 Å². The Hall–Kier alpha value is -0.0700. The summed E-state index contributed by atoms with van der Waals surface area (Å²) in [5.74, 6) is 1.77. The van der Waals surface area contributed by atoms with E-state index in [1.807, 2.05) is 0 Å². The lowest BCUT2D eigenvalue weighted by molar-refractivity contribution is 0.298. The normalized spacial score (nSPS) is 37.0. The van der Waals surface area contributed by atoms with E-state index in [2.05, 4.69) is 13.8 Å². The number of hydrogen-bond acceptors (Lipinski definition) is 0. The highest BCUT2D eigenvalue weighted by Crippen LogP contribution is 2.47. The van der Waals surface area contributed by atoms with Gasteiger partial charge in [-0.3, -0.25) is 0 Å². The Balaban J connectivity index is 2.24. The molecule has 1 heteroatoms. The molecule has 0 aromatic rings. The van der Waals surface area contributed by atoms with Crippen LogP contribution in [0.4, 0.5) is 4.39 Å². The molecule has 0 aliphatic heterocycles. The summed E-state index contributed by atoms with van der Waals surface area (Å²) in [6, 6.07) is 0. The summed E-state index contributed by atoms with van der Waals surface area (Å²) in [5.41, 5.74) is 0.